The van der Waals surface area contributed by atoms with E-state index in [0.29, 0.717) is 11.7 Å². The van der Waals surface area contributed by atoms with Crippen LogP contribution in [0.3, 0.4) is 0 Å². The molecule has 78 valence electrons. The molecule has 1 N–H and O–H groups in total. The molecule has 2 rings (SSSR count). The van der Waals surface area contributed by atoms with Crippen LogP contribution in [0.25, 0.3) is 10.8 Å². The number of benzene rings is 2. The van der Waals surface area contributed by atoms with Gasteiger partial charge in [0, 0.05) is 5.02 Å². The van der Waals surface area contributed by atoms with E-state index in [1.807, 2.05) is 24.3 Å². The monoisotopic (exact) mass is 220 g/mol. The van der Waals surface area contributed by atoms with E-state index >= 15 is 0 Å². The first-order valence-electron chi connectivity index (χ1n) is 5.00. The number of aromatic hydroxyl groups is 1. The lowest BCUT2D eigenvalue weighted by molar-refractivity contribution is 0.475. The van der Waals surface area contributed by atoms with Gasteiger partial charge in [-0.05, 0) is 46.5 Å². The van der Waals surface area contributed by atoms with E-state index in [2.05, 4.69) is 13.8 Å². The van der Waals surface area contributed by atoms with Crippen LogP contribution in [0.15, 0.2) is 30.3 Å². The molecule has 2 heteroatoms. The van der Waals surface area contributed by atoms with Gasteiger partial charge in [0.05, 0.1) is 0 Å². The highest BCUT2D eigenvalue weighted by Crippen LogP contribution is 2.31. The van der Waals surface area contributed by atoms with Crippen molar-refractivity contribution in [3.05, 3.63) is 40.9 Å². The average molecular weight is 221 g/mol. The maximum Gasteiger partial charge on any atom is 0.116 e. The maximum absolute atomic E-state index is 9.60. The third-order valence-electron chi connectivity index (χ3n) is 2.56. The Labute approximate surface area is 94.3 Å². The lowest BCUT2D eigenvalue weighted by atomic mass is 9.96. The Bertz CT molecular complexity index is 503. The van der Waals surface area contributed by atoms with Gasteiger partial charge < -0.3 is 5.11 Å². The van der Waals surface area contributed by atoms with Gasteiger partial charge >= 0.3 is 0 Å². The zero-order chi connectivity index (χ0) is 11.0. The molecule has 0 amide bonds. The number of hydrogen-bond donors (Lipinski definition) is 1. The van der Waals surface area contributed by atoms with Crippen LogP contribution in [-0.2, 0) is 0 Å². The van der Waals surface area contributed by atoms with Crippen LogP contribution >= 0.6 is 11.6 Å². The highest BCUT2D eigenvalue weighted by molar-refractivity contribution is 6.31. The Hall–Kier alpha value is -1.21. The topological polar surface area (TPSA) is 20.2 Å². The van der Waals surface area contributed by atoms with Crippen molar-refractivity contribution in [2.24, 2.45) is 0 Å². The minimum absolute atomic E-state index is 0.313. The molecule has 0 heterocycles. The zero-order valence-corrected chi connectivity index (χ0v) is 9.55. The number of fused-ring (bicyclic) bond motifs is 1. The molecule has 15 heavy (non-hydrogen) atoms. The molecule has 0 aliphatic heterocycles. The quantitative estimate of drug-likeness (QED) is 0.759. The third kappa shape index (κ3) is 1.93. The second kappa shape index (κ2) is 3.74. The summed E-state index contributed by atoms with van der Waals surface area (Å²) in [4.78, 5) is 0. The molecule has 0 saturated heterocycles. The lowest BCUT2D eigenvalue weighted by Crippen LogP contribution is -1.89. The summed E-state index contributed by atoms with van der Waals surface area (Å²) in [5.74, 6) is 0.687. The van der Waals surface area contributed by atoms with E-state index in [4.69, 9.17) is 11.6 Å². The third-order valence-corrected chi connectivity index (χ3v) is 2.79. The van der Waals surface area contributed by atoms with Crippen molar-refractivity contribution < 1.29 is 5.11 Å². The number of phenols is 1. The van der Waals surface area contributed by atoms with E-state index in [1.165, 1.54) is 0 Å². The van der Waals surface area contributed by atoms with Gasteiger partial charge in [-0.1, -0.05) is 31.5 Å². The van der Waals surface area contributed by atoms with Gasteiger partial charge in [0.25, 0.3) is 0 Å². The van der Waals surface area contributed by atoms with Crippen molar-refractivity contribution in [1.29, 1.82) is 0 Å². The van der Waals surface area contributed by atoms with Crippen LogP contribution in [0.1, 0.15) is 25.3 Å². The summed E-state index contributed by atoms with van der Waals surface area (Å²) in [7, 11) is 0. The summed E-state index contributed by atoms with van der Waals surface area (Å²) < 4.78 is 0. The summed E-state index contributed by atoms with van der Waals surface area (Å²) in [6, 6.07) is 9.29. The van der Waals surface area contributed by atoms with E-state index in [-0.39, 0.29) is 0 Å². The normalized spacial score (nSPS) is 11.2. The molecule has 2 aromatic carbocycles. The summed E-state index contributed by atoms with van der Waals surface area (Å²) in [6.45, 7) is 4.21. The molecule has 0 radical (unpaired) electrons. The molecule has 0 bridgehead atoms. The second-order valence-electron chi connectivity index (χ2n) is 4.06. The van der Waals surface area contributed by atoms with Crippen LogP contribution in [0.2, 0.25) is 5.02 Å². The van der Waals surface area contributed by atoms with Gasteiger partial charge in [-0.2, -0.15) is 0 Å². The summed E-state index contributed by atoms with van der Waals surface area (Å²) in [5, 5.41) is 12.5. The van der Waals surface area contributed by atoms with Gasteiger partial charge in [-0.15, -0.1) is 0 Å². The number of halogens is 1. The largest absolute Gasteiger partial charge is 0.508 e. The summed E-state index contributed by atoms with van der Waals surface area (Å²) in [5.41, 5.74) is 1.13. The predicted octanol–water partition coefficient (Wildman–Crippen LogP) is 4.32. The fourth-order valence-corrected chi connectivity index (χ4v) is 1.99. The molecular formula is C13H13ClO. The Balaban J connectivity index is 2.81. The van der Waals surface area contributed by atoms with Gasteiger partial charge in [0.2, 0.25) is 0 Å². The van der Waals surface area contributed by atoms with Crippen LogP contribution in [0.5, 0.6) is 5.75 Å². The lowest BCUT2D eigenvalue weighted by Gasteiger charge is -2.11. The van der Waals surface area contributed by atoms with Gasteiger partial charge in [0.15, 0.2) is 0 Å². The standard InChI is InChI=1S/C13H13ClO/c1-8(2)12-7-11(15)5-9-3-4-10(14)6-13(9)12/h3-8,15H,1-2H3. The minimum Gasteiger partial charge on any atom is -0.508 e. The Morgan fingerprint density at radius 3 is 2.53 bits per heavy atom. The van der Waals surface area contributed by atoms with E-state index in [1.54, 1.807) is 6.07 Å². The summed E-state index contributed by atoms with van der Waals surface area (Å²) >= 11 is 5.97. The molecule has 0 fully saturated rings. The Kier molecular flexibility index (Phi) is 2.57. The minimum atomic E-state index is 0.313. The van der Waals surface area contributed by atoms with Crippen molar-refractivity contribution in [3.8, 4) is 5.75 Å². The Morgan fingerprint density at radius 2 is 1.87 bits per heavy atom. The fraction of sp³-hybridized carbons (Fsp3) is 0.231. The van der Waals surface area contributed by atoms with Crippen LogP contribution in [-0.4, -0.2) is 5.11 Å². The Morgan fingerprint density at radius 1 is 1.13 bits per heavy atom. The fourth-order valence-electron chi connectivity index (χ4n) is 1.82. The maximum atomic E-state index is 9.60. The second-order valence-corrected chi connectivity index (χ2v) is 4.49. The number of rotatable bonds is 1. The molecule has 2 aromatic rings. The van der Waals surface area contributed by atoms with Gasteiger partial charge in [-0.3, -0.25) is 0 Å². The van der Waals surface area contributed by atoms with Crippen molar-refractivity contribution >= 4 is 22.4 Å². The van der Waals surface area contributed by atoms with E-state index in [0.717, 1.165) is 21.4 Å². The number of phenolic OH excluding ortho intramolecular Hbond substituents is 1. The van der Waals surface area contributed by atoms with Crippen molar-refractivity contribution in [3.63, 3.8) is 0 Å². The highest BCUT2D eigenvalue weighted by atomic mass is 35.5. The van der Waals surface area contributed by atoms with Gasteiger partial charge in [0.1, 0.15) is 5.75 Å². The molecule has 0 atom stereocenters. The molecule has 1 nitrogen and oxygen atoms in total. The van der Waals surface area contributed by atoms with Crippen molar-refractivity contribution in [1.82, 2.24) is 0 Å². The molecular weight excluding hydrogens is 208 g/mol. The van der Waals surface area contributed by atoms with Crippen molar-refractivity contribution in [2.75, 3.05) is 0 Å². The van der Waals surface area contributed by atoms with E-state index < -0.39 is 0 Å². The SMILES string of the molecule is CC(C)c1cc(O)cc2ccc(Cl)cc12. The van der Waals surface area contributed by atoms with Gasteiger partial charge in [-0.25, -0.2) is 0 Å². The smallest absolute Gasteiger partial charge is 0.116 e. The zero-order valence-electron chi connectivity index (χ0n) is 8.79. The first kappa shape index (κ1) is 10.3. The van der Waals surface area contributed by atoms with Crippen molar-refractivity contribution in [2.45, 2.75) is 19.8 Å². The molecule has 0 saturated carbocycles. The first-order chi connectivity index (χ1) is 7.08. The highest BCUT2D eigenvalue weighted by Gasteiger charge is 2.07. The molecule has 0 spiro atoms. The first-order valence-corrected chi connectivity index (χ1v) is 5.38. The van der Waals surface area contributed by atoms with E-state index in [9.17, 15) is 5.11 Å². The average Bonchev–Trinajstić information content (AvgIpc) is 2.17. The molecule has 0 aliphatic rings. The van der Waals surface area contributed by atoms with Crippen LogP contribution in [0, 0.1) is 0 Å². The van der Waals surface area contributed by atoms with Crippen LogP contribution in [0.4, 0.5) is 0 Å². The predicted molar refractivity (Wildman–Crippen MR) is 64.7 cm³/mol. The number of hydrogen-bond acceptors (Lipinski definition) is 1. The molecule has 0 unspecified atom stereocenters. The molecule has 0 aliphatic carbocycles. The summed E-state index contributed by atoms with van der Waals surface area (Å²) in [6.07, 6.45) is 0. The molecule has 0 aromatic heterocycles. The van der Waals surface area contributed by atoms with Crippen LogP contribution < -0.4 is 0 Å².